The minimum Gasteiger partial charge on any atom is -0.480 e. The molecule has 1 aliphatic carbocycles. The number of amides is 2. The van der Waals surface area contributed by atoms with Crippen molar-refractivity contribution in [2.75, 3.05) is 20.3 Å². The Morgan fingerprint density at radius 3 is 2.39 bits per heavy atom. The van der Waals surface area contributed by atoms with Crippen LogP contribution < -0.4 is 10.6 Å². The Morgan fingerprint density at radius 1 is 1.21 bits per heavy atom. The highest BCUT2D eigenvalue weighted by Crippen LogP contribution is 2.20. The van der Waals surface area contributed by atoms with Crippen LogP contribution in [0.25, 0.3) is 0 Å². The number of esters is 1. The smallest absolute Gasteiger partial charge is 0.329 e. The quantitative estimate of drug-likeness (QED) is 0.272. The van der Waals surface area contributed by atoms with Gasteiger partial charge < -0.3 is 35.4 Å². The first-order valence-electron chi connectivity index (χ1n) is 8.61. The van der Waals surface area contributed by atoms with Crippen LogP contribution in [0.1, 0.15) is 20.3 Å². The van der Waals surface area contributed by atoms with Gasteiger partial charge in [-0.15, -0.1) is 0 Å². The molecule has 0 saturated heterocycles. The van der Waals surface area contributed by atoms with Crippen molar-refractivity contribution < 1.29 is 44.0 Å². The van der Waals surface area contributed by atoms with Gasteiger partial charge in [0.25, 0.3) is 0 Å². The van der Waals surface area contributed by atoms with Crippen LogP contribution in [0.4, 0.5) is 0 Å². The maximum Gasteiger partial charge on any atom is 0.329 e. The lowest BCUT2D eigenvalue weighted by Gasteiger charge is -2.31. The van der Waals surface area contributed by atoms with E-state index in [0.717, 1.165) is 0 Å². The Kier molecular flexibility index (Phi) is 9.03. The highest BCUT2D eigenvalue weighted by Gasteiger charge is 2.35. The van der Waals surface area contributed by atoms with Crippen molar-refractivity contribution in [2.45, 2.75) is 44.6 Å². The van der Waals surface area contributed by atoms with E-state index < -0.39 is 61.3 Å². The van der Waals surface area contributed by atoms with Crippen LogP contribution in [-0.4, -0.2) is 83.7 Å². The zero-order valence-corrected chi connectivity index (χ0v) is 15.9. The Bertz CT molecular complexity index is 632. The summed E-state index contributed by atoms with van der Waals surface area (Å²) in [7, 11) is 1.20. The number of rotatable bonds is 9. The van der Waals surface area contributed by atoms with Gasteiger partial charge in [0.1, 0.15) is 25.4 Å². The molecule has 0 heterocycles. The molecule has 11 heteroatoms. The molecule has 1 rings (SSSR count). The van der Waals surface area contributed by atoms with Gasteiger partial charge in [-0.05, 0) is 5.92 Å². The SMILES string of the molecule is COC(=O)C(NC(=O)C1=CC(NC(=O)COCC(=O)O)C(O)C(O)C1)C(C)C. The number of carboxylic acid groups (broad SMARTS) is 1. The number of methoxy groups -OCH3 is 1. The lowest BCUT2D eigenvalue weighted by molar-refractivity contribution is -0.146. The molecule has 0 spiro atoms. The van der Waals surface area contributed by atoms with Gasteiger partial charge in [-0.1, -0.05) is 19.9 Å². The number of hydrogen-bond acceptors (Lipinski definition) is 8. The number of ether oxygens (including phenoxy) is 2. The van der Waals surface area contributed by atoms with Crippen LogP contribution >= 0.6 is 0 Å². The molecule has 2 amide bonds. The third-order valence-electron chi connectivity index (χ3n) is 4.06. The van der Waals surface area contributed by atoms with Gasteiger partial charge in [0.05, 0.1) is 19.3 Å². The van der Waals surface area contributed by atoms with Crippen molar-refractivity contribution in [1.82, 2.24) is 10.6 Å². The second-order valence-electron chi connectivity index (χ2n) is 6.65. The standard InChI is InChI=1S/C17H26N2O9/c1-8(2)14(17(26)27-3)19-16(25)9-4-10(15(24)11(20)5-9)18-12(21)6-28-7-13(22)23/h4,8,10-11,14-15,20,24H,5-7H2,1-3H3,(H,18,21)(H,19,25)(H,22,23). The first kappa shape index (κ1) is 23.5. The summed E-state index contributed by atoms with van der Waals surface area (Å²) in [6.07, 6.45) is -1.61. The molecule has 0 fully saturated rings. The normalized spacial score (nSPS) is 22.8. The van der Waals surface area contributed by atoms with Gasteiger partial charge in [-0.3, -0.25) is 9.59 Å². The summed E-state index contributed by atoms with van der Waals surface area (Å²) >= 11 is 0. The van der Waals surface area contributed by atoms with E-state index in [0.29, 0.717) is 0 Å². The first-order chi connectivity index (χ1) is 13.1. The predicted molar refractivity (Wildman–Crippen MR) is 93.9 cm³/mol. The van der Waals surface area contributed by atoms with Crippen LogP contribution in [0, 0.1) is 5.92 Å². The van der Waals surface area contributed by atoms with Crippen molar-refractivity contribution in [2.24, 2.45) is 5.92 Å². The molecule has 1 aliphatic rings. The predicted octanol–water partition coefficient (Wildman–Crippen LogP) is -2.06. The van der Waals surface area contributed by atoms with Crippen LogP contribution in [0.2, 0.25) is 0 Å². The van der Waals surface area contributed by atoms with E-state index in [1.807, 2.05) is 0 Å². The maximum absolute atomic E-state index is 12.5. The van der Waals surface area contributed by atoms with Gasteiger partial charge in [0, 0.05) is 12.0 Å². The number of carboxylic acids is 1. The molecule has 4 atom stereocenters. The van der Waals surface area contributed by atoms with E-state index in [4.69, 9.17) is 5.11 Å². The second-order valence-corrected chi connectivity index (χ2v) is 6.65. The largest absolute Gasteiger partial charge is 0.480 e. The van der Waals surface area contributed by atoms with Crippen molar-refractivity contribution in [3.8, 4) is 0 Å². The molecular formula is C17H26N2O9. The van der Waals surface area contributed by atoms with Gasteiger partial charge in [-0.25, -0.2) is 9.59 Å². The summed E-state index contributed by atoms with van der Waals surface area (Å²) in [4.78, 5) is 46.4. The van der Waals surface area contributed by atoms with Crippen LogP contribution in [-0.2, 0) is 28.7 Å². The summed E-state index contributed by atoms with van der Waals surface area (Å²) in [5.41, 5.74) is 0.0732. The number of hydrogen-bond donors (Lipinski definition) is 5. The summed E-state index contributed by atoms with van der Waals surface area (Å²) in [6, 6.07) is -2.00. The van der Waals surface area contributed by atoms with Crippen LogP contribution in [0.15, 0.2) is 11.6 Å². The average molecular weight is 402 g/mol. The summed E-state index contributed by atoms with van der Waals surface area (Å²) < 4.78 is 9.30. The van der Waals surface area contributed by atoms with E-state index in [2.05, 4.69) is 20.1 Å². The molecule has 0 radical (unpaired) electrons. The van der Waals surface area contributed by atoms with Crippen LogP contribution in [0.3, 0.4) is 0 Å². The molecule has 28 heavy (non-hydrogen) atoms. The minimum absolute atomic E-state index is 0.0732. The van der Waals surface area contributed by atoms with Gasteiger partial charge in [0.2, 0.25) is 11.8 Å². The summed E-state index contributed by atoms with van der Waals surface area (Å²) in [6.45, 7) is 2.20. The van der Waals surface area contributed by atoms with Gasteiger partial charge >= 0.3 is 11.9 Å². The molecule has 4 unspecified atom stereocenters. The molecule has 0 bridgehead atoms. The molecule has 0 aromatic rings. The van der Waals surface area contributed by atoms with E-state index in [-0.39, 0.29) is 17.9 Å². The fourth-order valence-electron chi connectivity index (χ4n) is 2.58. The maximum atomic E-state index is 12.5. The Hall–Kier alpha value is -2.50. The zero-order chi connectivity index (χ0) is 21.4. The number of carbonyl (C=O) groups is 4. The molecule has 0 aromatic carbocycles. The van der Waals surface area contributed by atoms with E-state index >= 15 is 0 Å². The molecule has 5 N–H and O–H groups in total. The lowest BCUT2D eigenvalue weighted by atomic mass is 9.89. The van der Waals surface area contributed by atoms with Crippen molar-refractivity contribution >= 4 is 23.8 Å². The fourth-order valence-corrected chi connectivity index (χ4v) is 2.58. The van der Waals surface area contributed by atoms with Gasteiger partial charge in [0.15, 0.2) is 0 Å². The Balaban J connectivity index is 2.83. The third-order valence-corrected chi connectivity index (χ3v) is 4.06. The number of nitrogens with one attached hydrogen (secondary N) is 2. The van der Waals surface area contributed by atoms with Crippen molar-refractivity contribution in [1.29, 1.82) is 0 Å². The van der Waals surface area contributed by atoms with Crippen molar-refractivity contribution in [3.63, 3.8) is 0 Å². The first-order valence-corrected chi connectivity index (χ1v) is 8.61. The monoisotopic (exact) mass is 402 g/mol. The number of aliphatic hydroxyl groups excluding tert-OH is 2. The third kappa shape index (κ3) is 6.91. The summed E-state index contributed by atoms with van der Waals surface area (Å²) in [5, 5.41) is 33.4. The average Bonchev–Trinajstić information content (AvgIpc) is 2.61. The molecule has 0 aliphatic heterocycles. The molecule has 0 aromatic heterocycles. The fraction of sp³-hybridized carbons (Fsp3) is 0.647. The molecule has 11 nitrogen and oxygen atoms in total. The number of aliphatic carboxylic acids is 1. The molecule has 0 saturated carbocycles. The lowest BCUT2D eigenvalue weighted by Crippen LogP contribution is -2.52. The number of aliphatic hydroxyl groups is 2. The summed E-state index contributed by atoms with van der Waals surface area (Å²) in [5.74, 6) is -3.50. The van der Waals surface area contributed by atoms with E-state index in [1.165, 1.54) is 13.2 Å². The molecular weight excluding hydrogens is 376 g/mol. The topological polar surface area (TPSA) is 171 Å². The van der Waals surface area contributed by atoms with Gasteiger partial charge in [-0.2, -0.15) is 0 Å². The minimum atomic E-state index is -1.37. The highest BCUT2D eigenvalue weighted by atomic mass is 16.5. The van der Waals surface area contributed by atoms with E-state index in [1.54, 1.807) is 13.8 Å². The zero-order valence-electron chi connectivity index (χ0n) is 15.9. The second kappa shape index (κ2) is 10.7. The van der Waals surface area contributed by atoms with Crippen LogP contribution in [0.5, 0.6) is 0 Å². The molecule has 158 valence electrons. The van der Waals surface area contributed by atoms with E-state index in [9.17, 15) is 29.4 Å². The Labute approximate surface area is 161 Å². The number of carbonyl (C=O) groups excluding carboxylic acids is 3. The Morgan fingerprint density at radius 2 is 1.86 bits per heavy atom. The van der Waals surface area contributed by atoms with Crippen molar-refractivity contribution in [3.05, 3.63) is 11.6 Å². The highest BCUT2D eigenvalue weighted by molar-refractivity contribution is 5.96.